The first-order chi connectivity index (χ1) is 12.0. The maximum Gasteiger partial charge on any atom is 0.257 e. The molecule has 2 heterocycles. The Morgan fingerprint density at radius 2 is 1.88 bits per heavy atom. The third-order valence-electron chi connectivity index (χ3n) is 4.39. The van der Waals surface area contributed by atoms with Gasteiger partial charge in [0.2, 0.25) is 0 Å². The Hall–Kier alpha value is -3.14. The molecule has 7 heteroatoms. The molecular weight excluding hydrogens is 318 g/mol. The lowest BCUT2D eigenvalue weighted by Gasteiger charge is -2.39. The van der Waals surface area contributed by atoms with Crippen molar-refractivity contribution in [2.75, 3.05) is 19.6 Å². The minimum Gasteiger partial charge on any atom is -0.335 e. The van der Waals surface area contributed by atoms with Gasteiger partial charge in [-0.15, -0.1) is 0 Å². The van der Waals surface area contributed by atoms with E-state index in [2.05, 4.69) is 5.10 Å². The van der Waals surface area contributed by atoms with Crippen molar-refractivity contribution in [2.24, 2.45) is 7.05 Å². The number of hydrogen-bond donors (Lipinski definition) is 0. The molecule has 1 saturated heterocycles. The number of piperazine rings is 1. The minimum absolute atomic E-state index is 0.0638. The van der Waals surface area contributed by atoms with Crippen LogP contribution in [0.1, 0.15) is 33.2 Å². The third-order valence-corrected chi connectivity index (χ3v) is 4.39. The Bertz CT molecular complexity index is 834. The summed E-state index contributed by atoms with van der Waals surface area (Å²) in [5.41, 5.74) is 1.64. The molecule has 1 aromatic carbocycles. The van der Waals surface area contributed by atoms with E-state index >= 15 is 0 Å². The van der Waals surface area contributed by atoms with Crippen molar-refractivity contribution in [3.63, 3.8) is 0 Å². The summed E-state index contributed by atoms with van der Waals surface area (Å²) in [7, 11) is 1.77. The number of carbonyl (C=O) groups excluding carboxylic acids is 2. The number of hydrogen-bond acceptors (Lipinski definition) is 4. The second kappa shape index (κ2) is 6.77. The average molecular weight is 337 g/mol. The van der Waals surface area contributed by atoms with E-state index in [4.69, 9.17) is 5.26 Å². The highest BCUT2D eigenvalue weighted by molar-refractivity contribution is 5.96. The molecule has 1 aliphatic heterocycles. The Kier molecular flexibility index (Phi) is 4.52. The lowest BCUT2D eigenvalue weighted by molar-refractivity contribution is 0.0414. The molecule has 1 fully saturated rings. The highest BCUT2D eigenvalue weighted by Gasteiger charge is 2.31. The van der Waals surface area contributed by atoms with Crippen LogP contribution in [0.4, 0.5) is 0 Å². The van der Waals surface area contributed by atoms with E-state index in [0.29, 0.717) is 36.3 Å². The molecule has 2 aromatic rings. The molecule has 0 spiro atoms. The summed E-state index contributed by atoms with van der Waals surface area (Å²) in [4.78, 5) is 28.7. The SMILES string of the molecule is C[C@H]1CN(C(=O)c2ccc(C#N)cc2)CCN1C(=O)c1cnn(C)c1. The lowest BCUT2D eigenvalue weighted by atomic mass is 10.1. The quantitative estimate of drug-likeness (QED) is 0.826. The zero-order chi connectivity index (χ0) is 18.0. The fourth-order valence-corrected chi connectivity index (χ4v) is 3.01. The molecule has 0 aliphatic carbocycles. The van der Waals surface area contributed by atoms with Gasteiger partial charge in [-0.25, -0.2) is 0 Å². The summed E-state index contributed by atoms with van der Waals surface area (Å²) >= 11 is 0. The molecule has 25 heavy (non-hydrogen) atoms. The number of nitrogens with zero attached hydrogens (tertiary/aromatic N) is 5. The smallest absolute Gasteiger partial charge is 0.257 e. The number of aryl methyl sites for hydroxylation is 1. The van der Waals surface area contributed by atoms with Gasteiger partial charge in [-0.05, 0) is 31.2 Å². The summed E-state index contributed by atoms with van der Waals surface area (Å²) < 4.78 is 1.60. The van der Waals surface area contributed by atoms with Gasteiger partial charge in [-0.1, -0.05) is 0 Å². The summed E-state index contributed by atoms with van der Waals surface area (Å²) in [5, 5.41) is 12.9. The number of carbonyl (C=O) groups is 2. The van der Waals surface area contributed by atoms with Crippen LogP contribution in [0.5, 0.6) is 0 Å². The predicted octanol–water partition coefficient (Wildman–Crippen LogP) is 1.28. The van der Waals surface area contributed by atoms with Gasteiger partial charge in [0.1, 0.15) is 0 Å². The van der Waals surface area contributed by atoms with Crippen LogP contribution < -0.4 is 0 Å². The van der Waals surface area contributed by atoms with Gasteiger partial charge >= 0.3 is 0 Å². The molecule has 7 nitrogen and oxygen atoms in total. The maximum atomic E-state index is 12.6. The number of amides is 2. The van der Waals surface area contributed by atoms with Gasteiger partial charge in [0.25, 0.3) is 11.8 Å². The van der Waals surface area contributed by atoms with Gasteiger partial charge in [0, 0.05) is 44.5 Å². The third kappa shape index (κ3) is 3.38. The van der Waals surface area contributed by atoms with Crippen molar-refractivity contribution in [1.82, 2.24) is 19.6 Å². The van der Waals surface area contributed by atoms with Crippen molar-refractivity contribution in [3.8, 4) is 6.07 Å². The molecule has 1 atom stereocenters. The largest absolute Gasteiger partial charge is 0.335 e. The first-order valence-corrected chi connectivity index (χ1v) is 8.08. The molecule has 2 amide bonds. The summed E-state index contributed by atoms with van der Waals surface area (Å²) in [5.74, 6) is -0.143. The Morgan fingerprint density at radius 3 is 2.44 bits per heavy atom. The Labute approximate surface area is 146 Å². The first kappa shape index (κ1) is 16.7. The Balaban J connectivity index is 1.67. The highest BCUT2D eigenvalue weighted by atomic mass is 16.2. The fourth-order valence-electron chi connectivity index (χ4n) is 3.01. The summed E-state index contributed by atoms with van der Waals surface area (Å²) in [6, 6.07) is 8.57. The van der Waals surface area contributed by atoms with Crippen LogP contribution in [0.2, 0.25) is 0 Å². The molecule has 0 unspecified atom stereocenters. The van der Waals surface area contributed by atoms with Gasteiger partial charge in [0.05, 0.1) is 23.4 Å². The molecule has 0 N–H and O–H groups in total. The second-order valence-corrected chi connectivity index (χ2v) is 6.19. The van der Waals surface area contributed by atoms with E-state index in [1.54, 1.807) is 58.2 Å². The van der Waals surface area contributed by atoms with Gasteiger partial charge in [-0.3, -0.25) is 14.3 Å². The normalized spacial score (nSPS) is 17.2. The molecule has 0 saturated carbocycles. The van der Waals surface area contributed by atoms with E-state index in [1.807, 2.05) is 13.0 Å². The Morgan fingerprint density at radius 1 is 1.16 bits per heavy atom. The minimum atomic E-state index is -0.0798. The van der Waals surface area contributed by atoms with Crippen molar-refractivity contribution >= 4 is 11.8 Å². The van der Waals surface area contributed by atoms with E-state index < -0.39 is 0 Å². The van der Waals surface area contributed by atoms with Crippen LogP contribution in [-0.4, -0.2) is 57.1 Å². The maximum absolute atomic E-state index is 12.6. The fraction of sp³-hybridized carbons (Fsp3) is 0.333. The topological polar surface area (TPSA) is 82.2 Å². The number of nitriles is 1. The molecule has 128 valence electrons. The van der Waals surface area contributed by atoms with Crippen molar-refractivity contribution in [2.45, 2.75) is 13.0 Å². The lowest BCUT2D eigenvalue weighted by Crippen LogP contribution is -2.55. The van der Waals surface area contributed by atoms with Crippen LogP contribution in [0, 0.1) is 11.3 Å². The van der Waals surface area contributed by atoms with Crippen molar-refractivity contribution in [1.29, 1.82) is 5.26 Å². The first-order valence-electron chi connectivity index (χ1n) is 8.08. The van der Waals surface area contributed by atoms with Crippen LogP contribution in [0.25, 0.3) is 0 Å². The summed E-state index contributed by atoms with van der Waals surface area (Å²) in [6.07, 6.45) is 3.26. The molecule has 0 bridgehead atoms. The predicted molar refractivity (Wildman–Crippen MR) is 90.8 cm³/mol. The number of rotatable bonds is 2. The highest BCUT2D eigenvalue weighted by Crippen LogP contribution is 2.16. The van der Waals surface area contributed by atoms with Crippen LogP contribution >= 0.6 is 0 Å². The van der Waals surface area contributed by atoms with Gasteiger partial charge in [-0.2, -0.15) is 10.4 Å². The number of benzene rings is 1. The van der Waals surface area contributed by atoms with Crippen molar-refractivity contribution < 1.29 is 9.59 Å². The average Bonchev–Trinajstić information content (AvgIpc) is 3.07. The van der Waals surface area contributed by atoms with Gasteiger partial charge < -0.3 is 9.80 Å². The summed E-state index contributed by atoms with van der Waals surface area (Å²) in [6.45, 7) is 3.38. The second-order valence-electron chi connectivity index (χ2n) is 6.19. The monoisotopic (exact) mass is 337 g/mol. The molecule has 1 aliphatic rings. The van der Waals surface area contributed by atoms with Crippen LogP contribution in [0.15, 0.2) is 36.7 Å². The zero-order valence-corrected chi connectivity index (χ0v) is 14.2. The molecule has 0 radical (unpaired) electrons. The molecule has 1 aromatic heterocycles. The van der Waals surface area contributed by atoms with E-state index in [9.17, 15) is 9.59 Å². The van der Waals surface area contributed by atoms with Crippen LogP contribution in [0.3, 0.4) is 0 Å². The number of aromatic nitrogens is 2. The van der Waals surface area contributed by atoms with Gasteiger partial charge in [0.15, 0.2) is 0 Å². The molecule has 3 rings (SSSR count). The van der Waals surface area contributed by atoms with E-state index in [-0.39, 0.29) is 17.9 Å². The molecular formula is C18H19N5O2. The van der Waals surface area contributed by atoms with E-state index in [0.717, 1.165) is 0 Å². The van der Waals surface area contributed by atoms with Crippen LogP contribution in [-0.2, 0) is 7.05 Å². The van der Waals surface area contributed by atoms with E-state index in [1.165, 1.54) is 0 Å². The standard InChI is InChI=1S/C18H19N5O2/c1-13-11-22(17(24)15-5-3-14(9-19)4-6-15)7-8-23(13)18(25)16-10-20-21(2)12-16/h3-6,10,12-13H,7-8,11H2,1-2H3/t13-/m0/s1. The zero-order valence-electron chi connectivity index (χ0n) is 14.2. The van der Waals surface area contributed by atoms with Crippen molar-refractivity contribution in [3.05, 3.63) is 53.3 Å².